The van der Waals surface area contributed by atoms with Crippen LogP contribution in [0, 0.1) is 0 Å². The van der Waals surface area contributed by atoms with E-state index >= 15 is 0 Å². The Kier molecular flexibility index (Phi) is 3.80. The fourth-order valence-corrected chi connectivity index (χ4v) is 0.237. The standard InChI is InChI=1S/C6H8O2/c1-2-6(8)4-3-5-7/h2-4,7H,1,5H2. The van der Waals surface area contributed by atoms with Crippen molar-refractivity contribution in [2.24, 2.45) is 0 Å². The van der Waals surface area contributed by atoms with Crippen molar-refractivity contribution in [3.05, 3.63) is 24.8 Å². The Bertz CT molecular complexity index is 114. The van der Waals surface area contributed by atoms with Crippen molar-refractivity contribution in [1.29, 1.82) is 0 Å². The number of hydrogen-bond donors (Lipinski definition) is 1. The van der Waals surface area contributed by atoms with Gasteiger partial charge in [-0.25, -0.2) is 0 Å². The lowest BCUT2D eigenvalue weighted by Gasteiger charge is -1.76. The molecule has 0 amide bonds. The first-order valence-electron chi connectivity index (χ1n) is 2.25. The van der Waals surface area contributed by atoms with Crippen molar-refractivity contribution in [3.63, 3.8) is 0 Å². The lowest BCUT2D eigenvalue weighted by Crippen LogP contribution is -1.83. The molecule has 0 heterocycles. The molecule has 8 heavy (non-hydrogen) atoms. The molecule has 0 fully saturated rings. The minimum absolute atomic E-state index is 0.0976. The molecule has 0 radical (unpaired) electrons. The predicted molar refractivity (Wildman–Crippen MR) is 31.4 cm³/mol. The summed E-state index contributed by atoms with van der Waals surface area (Å²) in [6.07, 6.45) is 3.82. The van der Waals surface area contributed by atoms with Gasteiger partial charge in [-0.15, -0.1) is 0 Å². The molecule has 2 nitrogen and oxygen atoms in total. The third-order valence-corrected chi connectivity index (χ3v) is 0.589. The summed E-state index contributed by atoms with van der Waals surface area (Å²) in [6.45, 7) is 3.13. The SMILES string of the molecule is C=CC(=O)C=CCO. The average molecular weight is 112 g/mol. The molecule has 0 spiro atoms. The molecule has 0 bridgehead atoms. The van der Waals surface area contributed by atoms with Crippen molar-refractivity contribution < 1.29 is 9.90 Å². The largest absolute Gasteiger partial charge is 0.392 e. The minimum Gasteiger partial charge on any atom is -0.392 e. The van der Waals surface area contributed by atoms with Gasteiger partial charge in [0.2, 0.25) is 0 Å². The quantitative estimate of drug-likeness (QED) is 0.533. The van der Waals surface area contributed by atoms with E-state index in [2.05, 4.69) is 6.58 Å². The van der Waals surface area contributed by atoms with E-state index in [4.69, 9.17) is 5.11 Å². The van der Waals surface area contributed by atoms with E-state index in [1.54, 1.807) is 0 Å². The average Bonchev–Trinajstić information content (AvgIpc) is 1.83. The highest BCUT2D eigenvalue weighted by atomic mass is 16.2. The predicted octanol–water partition coefficient (Wildman–Crippen LogP) is 0.290. The third-order valence-electron chi connectivity index (χ3n) is 0.589. The van der Waals surface area contributed by atoms with Crippen LogP contribution < -0.4 is 0 Å². The summed E-state index contributed by atoms with van der Waals surface area (Å²) < 4.78 is 0. The van der Waals surface area contributed by atoms with Crippen LogP contribution in [0.5, 0.6) is 0 Å². The van der Waals surface area contributed by atoms with Crippen molar-refractivity contribution in [2.75, 3.05) is 6.61 Å². The first-order valence-corrected chi connectivity index (χ1v) is 2.25. The summed E-state index contributed by atoms with van der Waals surface area (Å²) in [7, 11) is 0. The molecule has 0 saturated heterocycles. The zero-order valence-corrected chi connectivity index (χ0v) is 4.50. The molecule has 0 aromatic carbocycles. The normalized spacial score (nSPS) is 9.62. The summed E-state index contributed by atoms with van der Waals surface area (Å²) in [5.74, 6) is -0.181. The fraction of sp³-hybridized carbons (Fsp3) is 0.167. The zero-order chi connectivity index (χ0) is 6.41. The summed E-state index contributed by atoms with van der Waals surface area (Å²) in [5, 5.41) is 8.14. The van der Waals surface area contributed by atoms with Gasteiger partial charge in [-0.3, -0.25) is 4.79 Å². The van der Waals surface area contributed by atoms with Crippen LogP contribution in [0.3, 0.4) is 0 Å². The zero-order valence-electron chi connectivity index (χ0n) is 4.50. The Hall–Kier alpha value is -0.890. The topological polar surface area (TPSA) is 37.3 Å². The van der Waals surface area contributed by atoms with E-state index in [0.29, 0.717) is 0 Å². The Morgan fingerprint density at radius 2 is 2.38 bits per heavy atom. The van der Waals surface area contributed by atoms with E-state index in [0.717, 1.165) is 0 Å². The molecule has 44 valence electrons. The van der Waals surface area contributed by atoms with Gasteiger partial charge in [0.1, 0.15) is 0 Å². The van der Waals surface area contributed by atoms with Gasteiger partial charge in [0.25, 0.3) is 0 Å². The summed E-state index contributed by atoms with van der Waals surface area (Å²) in [5.41, 5.74) is 0. The lowest BCUT2D eigenvalue weighted by molar-refractivity contribution is -0.110. The van der Waals surface area contributed by atoms with Gasteiger partial charge in [0.15, 0.2) is 5.78 Å². The van der Waals surface area contributed by atoms with Gasteiger partial charge in [0, 0.05) is 0 Å². The van der Waals surface area contributed by atoms with Crippen LogP contribution in [0.25, 0.3) is 0 Å². The maximum absolute atomic E-state index is 10.3. The van der Waals surface area contributed by atoms with E-state index in [-0.39, 0.29) is 12.4 Å². The van der Waals surface area contributed by atoms with Crippen LogP contribution in [0.4, 0.5) is 0 Å². The monoisotopic (exact) mass is 112 g/mol. The Labute approximate surface area is 48.1 Å². The molecule has 2 heteroatoms. The summed E-state index contributed by atoms with van der Waals surface area (Å²) >= 11 is 0. The Balaban J connectivity index is 3.52. The molecule has 1 N–H and O–H groups in total. The molecule has 0 aliphatic heterocycles. The van der Waals surface area contributed by atoms with Crippen molar-refractivity contribution in [3.8, 4) is 0 Å². The minimum atomic E-state index is -0.181. The maximum atomic E-state index is 10.3. The van der Waals surface area contributed by atoms with E-state index in [9.17, 15) is 4.79 Å². The second kappa shape index (κ2) is 4.27. The highest BCUT2D eigenvalue weighted by Crippen LogP contribution is 1.75. The molecule has 0 aromatic rings. The van der Waals surface area contributed by atoms with Crippen LogP contribution >= 0.6 is 0 Å². The highest BCUT2D eigenvalue weighted by Gasteiger charge is 1.80. The molecule has 0 aliphatic rings. The fourth-order valence-electron chi connectivity index (χ4n) is 0.237. The maximum Gasteiger partial charge on any atom is 0.177 e. The molecule has 0 aromatic heterocycles. The number of rotatable bonds is 3. The molecule has 0 atom stereocenters. The summed E-state index contributed by atoms with van der Waals surface area (Å²) in [4.78, 5) is 10.3. The van der Waals surface area contributed by atoms with Gasteiger partial charge < -0.3 is 5.11 Å². The smallest absolute Gasteiger partial charge is 0.177 e. The number of ketones is 1. The highest BCUT2D eigenvalue weighted by molar-refractivity contribution is 5.98. The second-order valence-corrected chi connectivity index (χ2v) is 1.19. The molecule has 0 rings (SSSR count). The van der Waals surface area contributed by atoms with Gasteiger partial charge in [-0.2, -0.15) is 0 Å². The third kappa shape index (κ3) is 3.31. The molecular formula is C6H8O2. The first-order chi connectivity index (χ1) is 3.81. The van der Waals surface area contributed by atoms with Crippen LogP contribution in [0.15, 0.2) is 24.8 Å². The van der Waals surface area contributed by atoms with Crippen molar-refractivity contribution in [1.82, 2.24) is 0 Å². The van der Waals surface area contributed by atoms with Gasteiger partial charge in [-0.05, 0) is 12.2 Å². The number of allylic oxidation sites excluding steroid dienone is 2. The van der Waals surface area contributed by atoms with Gasteiger partial charge in [0.05, 0.1) is 6.61 Å². The van der Waals surface area contributed by atoms with Crippen molar-refractivity contribution in [2.45, 2.75) is 0 Å². The number of hydrogen-bond acceptors (Lipinski definition) is 2. The number of carbonyl (C=O) groups excluding carboxylic acids is 1. The van der Waals surface area contributed by atoms with Crippen LogP contribution in [-0.2, 0) is 4.79 Å². The molecule has 0 aliphatic carbocycles. The van der Waals surface area contributed by atoms with Crippen LogP contribution in [-0.4, -0.2) is 17.5 Å². The number of aliphatic hydroxyl groups excluding tert-OH is 1. The number of aliphatic hydroxyl groups is 1. The molecule has 0 unspecified atom stereocenters. The van der Waals surface area contributed by atoms with Crippen LogP contribution in [0.2, 0.25) is 0 Å². The lowest BCUT2D eigenvalue weighted by atomic mass is 10.3. The van der Waals surface area contributed by atoms with Gasteiger partial charge in [-0.1, -0.05) is 12.7 Å². The van der Waals surface area contributed by atoms with Crippen molar-refractivity contribution >= 4 is 5.78 Å². The van der Waals surface area contributed by atoms with E-state index in [1.807, 2.05) is 0 Å². The van der Waals surface area contributed by atoms with E-state index < -0.39 is 0 Å². The Morgan fingerprint density at radius 1 is 1.75 bits per heavy atom. The number of carbonyl (C=O) groups is 1. The first kappa shape index (κ1) is 7.11. The summed E-state index contributed by atoms with van der Waals surface area (Å²) in [6, 6.07) is 0. The molecular weight excluding hydrogens is 104 g/mol. The second-order valence-electron chi connectivity index (χ2n) is 1.19. The van der Waals surface area contributed by atoms with Crippen LogP contribution in [0.1, 0.15) is 0 Å². The Morgan fingerprint density at radius 3 is 2.75 bits per heavy atom. The van der Waals surface area contributed by atoms with E-state index in [1.165, 1.54) is 18.2 Å². The molecule has 0 saturated carbocycles. The van der Waals surface area contributed by atoms with Gasteiger partial charge >= 0.3 is 0 Å².